The highest BCUT2D eigenvalue weighted by molar-refractivity contribution is 5.90. The summed E-state index contributed by atoms with van der Waals surface area (Å²) in [5.74, 6) is -0.403. The zero-order chi connectivity index (χ0) is 14.1. The lowest BCUT2D eigenvalue weighted by molar-refractivity contribution is 0.139. The van der Waals surface area contributed by atoms with Gasteiger partial charge >= 0.3 is 6.09 Å². The van der Waals surface area contributed by atoms with Gasteiger partial charge in [0.15, 0.2) is 0 Å². The molecule has 104 valence electrons. The van der Waals surface area contributed by atoms with Crippen molar-refractivity contribution in [3.8, 4) is 11.3 Å². The average molecular weight is 275 g/mol. The molecule has 2 heterocycles. The molecular weight excluding hydrogens is 261 g/mol. The third-order valence-electron chi connectivity index (χ3n) is 3.38. The first-order valence-electron chi connectivity index (χ1n) is 6.46. The molecule has 1 N–H and O–H groups in total. The highest BCUT2D eigenvalue weighted by Crippen LogP contribution is 2.28. The first kappa shape index (κ1) is 12.7. The zero-order valence-electron chi connectivity index (χ0n) is 11.0. The van der Waals surface area contributed by atoms with Crippen molar-refractivity contribution >= 4 is 11.8 Å². The minimum absolute atomic E-state index is 0.127. The van der Waals surface area contributed by atoms with Crippen LogP contribution in [0, 0.1) is 5.82 Å². The third kappa shape index (κ3) is 2.13. The van der Waals surface area contributed by atoms with E-state index in [1.54, 1.807) is 24.4 Å². The predicted molar refractivity (Wildman–Crippen MR) is 71.9 cm³/mol. The van der Waals surface area contributed by atoms with Crippen molar-refractivity contribution in [1.29, 1.82) is 0 Å². The second kappa shape index (κ2) is 4.96. The molecule has 1 aliphatic heterocycles. The number of aromatic amines is 1. The molecule has 0 radical (unpaired) electrons. The number of carbonyl (C=O) groups is 1. The van der Waals surface area contributed by atoms with Gasteiger partial charge in [0.2, 0.25) is 0 Å². The number of hydrogen-bond donors (Lipinski definition) is 1. The number of carbonyl (C=O) groups excluding carboxylic acids is 1. The van der Waals surface area contributed by atoms with Crippen LogP contribution in [-0.2, 0) is 4.74 Å². The summed E-state index contributed by atoms with van der Waals surface area (Å²) in [4.78, 5) is 13.2. The summed E-state index contributed by atoms with van der Waals surface area (Å²) in [6.45, 7) is 2.40. The third-order valence-corrected chi connectivity index (χ3v) is 3.38. The van der Waals surface area contributed by atoms with Crippen LogP contribution in [-0.4, -0.2) is 28.9 Å². The molecule has 1 fully saturated rings. The smallest absolute Gasteiger partial charge is 0.414 e. The number of cyclic esters (lactones) is 1. The molecule has 5 nitrogen and oxygen atoms in total. The number of nitrogens with one attached hydrogen (secondary N) is 1. The highest BCUT2D eigenvalue weighted by Gasteiger charge is 2.31. The maximum Gasteiger partial charge on any atom is 0.414 e. The van der Waals surface area contributed by atoms with Gasteiger partial charge in [-0.1, -0.05) is 6.92 Å². The van der Waals surface area contributed by atoms with Gasteiger partial charge in [0.1, 0.15) is 11.9 Å². The van der Waals surface area contributed by atoms with E-state index in [9.17, 15) is 9.18 Å². The van der Waals surface area contributed by atoms with Crippen LogP contribution >= 0.6 is 0 Å². The number of benzene rings is 1. The molecule has 0 spiro atoms. The Labute approximate surface area is 115 Å². The van der Waals surface area contributed by atoms with Gasteiger partial charge in [-0.3, -0.25) is 10.00 Å². The van der Waals surface area contributed by atoms with E-state index in [2.05, 4.69) is 10.2 Å². The molecule has 1 aromatic heterocycles. The second-order valence-corrected chi connectivity index (χ2v) is 4.66. The molecule has 20 heavy (non-hydrogen) atoms. The van der Waals surface area contributed by atoms with Crippen LogP contribution < -0.4 is 4.90 Å². The molecule has 0 bridgehead atoms. The minimum atomic E-state index is -0.425. The Morgan fingerprint density at radius 3 is 2.95 bits per heavy atom. The maximum atomic E-state index is 14.1. The summed E-state index contributed by atoms with van der Waals surface area (Å²) in [5, 5.41) is 6.51. The lowest BCUT2D eigenvalue weighted by atomic mass is 10.1. The van der Waals surface area contributed by atoms with Gasteiger partial charge in [0.05, 0.1) is 17.9 Å². The average Bonchev–Trinajstić information content (AvgIpc) is 3.07. The van der Waals surface area contributed by atoms with E-state index in [4.69, 9.17) is 4.74 Å². The number of H-pyrrole nitrogens is 1. The fourth-order valence-corrected chi connectivity index (χ4v) is 2.24. The Morgan fingerprint density at radius 1 is 1.50 bits per heavy atom. The van der Waals surface area contributed by atoms with E-state index in [1.165, 1.54) is 11.0 Å². The Kier molecular flexibility index (Phi) is 3.14. The molecule has 6 heteroatoms. The predicted octanol–water partition coefficient (Wildman–Crippen LogP) is 2.95. The summed E-state index contributed by atoms with van der Waals surface area (Å²) in [6, 6.07) is 6.37. The molecule has 0 aliphatic carbocycles. The van der Waals surface area contributed by atoms with E-state index in [1.807, 2.05) is 6.92 Å². The van der Waals surface area contributed by atoms with Gasteiger partial charge in [-0.05, 0) is 30.7 Å². The zero-order valence-corrected chi connectivity index (χ0v) is 11.0. The maximum absolute atomic E-state index is 14.1. The summed E-state index contributed by atoms with van der Waals surface area (Å²) in [6.07, 6.45) is 1.76. The number of ether oxygens (including phenoxy) is 1. The van der Waals surface area contributed by atoms with Gasteiger partial charge in [-0.15, -0.1) is 0 Å². The number of halogens is 1. The van der Waals surface area contributed by atoms with Gasteiger partial charge in [0.25, 0.3) is 0 Å². The van der Waals surface area contributed by atoms with Gasteiger partial charge in [-0.25, -0.2) is 9.18 Å². The summed E-state index contributed by atoms with van der Waals surface area (Å²) in [5.41, 5.74) is 1.53. The molecule has 1 aliphatic rings. The lowest BCUT2D eigenvalue weighted by Gasteiger charge is -2.13. The largest absolute Gasteiger partial charge is 0.444 e. The quantitative estimate of drug-likeness (QED) is 0.936. The van der Waals surface area contributed by atoms with Crippen LogP contribution in [0.25, 0.3) is 11.3 Å². The van der Waals surface area contributed by atoms with Crippen molar-refractivity contribution in [2.75, 3.05) is 11.4 Å². The van der Waals surface area contributed by atoms with Crippen LogP contribution in [0.5, 0.6) is 0 Å². The van der Waals surface area contributed by atoms with Crippen LogP contribution in [0.15, 0.2) is 30.5 Å². The Bertz CT molecular complexity index is 627. The molecule has 1 atom stereocenters. The van der Waals surface area contributed by atoms with Crippen molar-refractivity contribution in [2.24, 2.45) is 0 Å². The fourth-order valence-electron chi connectivity index (χ4n) is 2.24. The SMILES string of the molecule is CCC1CN(c2ccc(-c3ccn[nH]3)c(F)c2)C(=O)O1. The molecule has 1 unspecified atom stereocenters. The Balaban J connectivity index is 1.89. The molecule has 3 rings (SSSR count). The number of hydrogen-bond acceptors (Lipinski definition) is 3. The molecule has 2 aromatic rings. The summed E-state index contributed by atoms with van der Waals surface area (Å²) >= 11 is 0. The first-order chi connectivity index (χ1) is 9.69. The van der Waals surface area contributed by atoms with Crippen molar-refractivity contribution in [3.05, 3.63) is 36.3 Å². The summed E-state index contributed by atoms with van der Waals surface area (Å²) < 4.78 is 19.3. The number of aromatic nitrogens is 2. The Morgan fingerprint density at radius 2 is 2.35 bits per heavy atom. The van der Waals surface area contributed by atoms with Crippen LogP contribution in [0.4, 0.5) is 14.9 Å². The van der Waals surface area contributed by atoms with Gasteiger partial charge in [-0.2, -0.15) is 5.10 Å². The van der Waals surface area contributed by atoms with E-state index < -0.39 is 11.9 Å². The van der Waals surface area contributed by atoms with Gasteiger partial charge in [0, 0.05) is 11.8 Å². The van der Waals surface area contributed by atoms with Crippen molar-refractivity contribution in [2.45, 2.75) is 19.4 Å². The number of rotatable bonds is 3. The normalized spacial score (nSPS) is 18.4. The minimum Gasteiger partial charge on any atom is -0.444 e. The monoisotopic (exact) mass is 275 g/mol. The van der Waals surface area contributed by atoms with Crippen molar-refractivity contribution in [1.82, 2.24) is 10.2 Å². The molecular formula is C14H14FN3O2. The number of anilines is 1. The number of nitrogens with zero attached hydrogens (tertiary/aromatic N) is 2. The first-order valence-corrected chi connectivity index (χ1v) is 6.46. The number of amides is 1. The molecule has 1 saturated heterocycles. The van der Waals surface area contributed by atoms with Crippen LogP contribution in [0.1, 0.15) is 13.3 Å². The van der Waals surface area contributed by atoms with E-state index in [0.717, 1.165) is 6.42 Å². The second-order valence-electron chi connectivity index (χ2n) is 4.66. The van der Waals surface area contributed by atoms with Crippen molar-refractivity contribution in [3.63, 3.8) is 0 Å². The highest BCUT2D eigenvalue weighted by atomic mass is 19.1. The summed E-state index contributed by atoms with van der Waals surface area (Å²) in [7, 11) is 0. The van der Waals surface area contributed by atoms with Crippen LogP contribution in [0.2, 0.25) is 0 Å². The van der Waals surface area contributed by atoms with E-state index in [-0.39, 0.29) is 6.10 Å². The fraction of sp³-hybridized carbons (Fsp3) is 0.286. The molecule has 1 aromatic carbocycles. The van der Waals surface area contributed by atoms with Gasteiger partial charge < -0.3 is 4.74 Å². The van der Waals surface area contributed by atoms with Crippen molar-refractivity contribution < 1.29 is 13.9 Å². The lowest BCUT2D eigenvalue weighted by Crippen LogP contribution is -2.24. The topological polar surface area (TPSA) is 58.2 Å². The van der Waals surface area contributed by atoms with Crippen LogP contribution in [0.3, 0.4) is 0 Å². The van der Waals surface area contributed by atoms with E-state index >= 15 is 0 Å². The molecule has 1 amide bonds. The van der Waals surface area contributed by atoms with E-state index in [0.29, 0.717) is 23.5 Å². The standard InChI is InChI=1S/C14H14FN3O2/c1-2-10-8-18(14(19)20-10)9-3-4-11(12(15)7-9)13-5-6-16-17-13/h3-7,10H,2,8H2,1H3,(H,16,17). The molecule has 0 saturated carbocycles. The Hall–Kier alpha value is -2.37.